The van der Waals surface area contributed by atoms with Crippen LogP contribution in [0.5, 0.6) is 0 Å². The molecule has 0 unspecified atom stereocenters. The number of carbonyl (C=O) groups is 1. The highest BCUT2D eigenvalue weighted by Crippen LogP contribution is 2.29. The molecule has 0 aliphatic rings. The Hall–Kier alpha value is -2.63. The average Bonchev–Trinajstić information content (AvgIpc) is 2.45. The molecule has 1 aromatic carbocycles. The van der Waals surface area contributed by atoms with E-state index in [0.717, 1.165) is 12.1 Å². The van der Waals surface area contributed by atoms with Crippen LogP contribution in [-0.2, 0) is 6.18 Å². The van der Waals surface area contributed by atoms with E-state index in [9.17, 15) is 18.0 Å². The molecule has 1 heterocycles. The highest BCUT2D eigenvalue weighted by atomic mass is 19.4. The Morgan fingerprint density at radius 3 is 2.48 bits per heavy atom. The van der Waals surface area contributed by atoms with Crippen molar-refractivity contribution in [3.63, 3.8) is 0 Å². The fraction of sp³-hybridized carbons (Fsp3) is 0.0667. The molecular weight excluding hydrogens is 283 g/mol. The molecule has 0 atom stereocenters. The maximum absolute atomic E-state index is 12.6. The van der Waals surface area contributed by atoms with Crippen LogP contribution in [0, 0.1) is 0 Å². The highest BCUT2D eigenvalue weighted by molar-refractivity contribution is 5.87. The summed E-state index contributed by atoms with van der Waals surface area (Å²) < 4.78 is 37.7. The molecule has 0 spiro atoms. The minimum absolute atomic E-state index is 0.0474. The topological polar surface area (TPSA) is 50.2 Å². The fourth-order valence-corrected chi connectivity index (χ4v) is 1.63. The predicted molar refractivity (Wildman–Crippen MR) is 71.6 cm³/mol. The number of halogens is 3. The first kappa shape index (κ1) is 14.8. The van der Waals surface area contributed by atoms with E-state index < -0.39 is 17.7 Å². The summed E-state index contributed by atoms with van der Waals surface area (Å²) in [6, 6.07) is 7.74. The van der Waals surface area contributed by atoms with Crippen LogP contribution in [0.25, 0.3) is 12.2 Å². The Kier molecular flexibility index (Phi) is 4.07. The summed E-state index contributed by atoms with van der Waals surface area (Å²) >= 11 is 0. The molecule has 108 valence electrons. The first-order chi connectivity index (χ1) is 9.86. The summed E-state index contributed by atoms with van der Waals surface area (Å²) in [6.45, 7) is 0. The Morgan fingerprint density at radius 1 is 1.14 bits per heavy atom. The van der Waals surface area contributed by atoms with Gasteiger partial charge in [-0.2, -0.15) is 13.2 Å². The van der Waals surface area contributed by atoms with Crippen molar-refractivity contribution in [3.8, 4) is 0 Å². The van der Waals surface area contributed by atoms with Crippen LogP contribution in [0.4, 0.5) is 13.2 Å². The highest BCUT2D eigenvalue weighted by Gasteiger charge is 2.30. The predicted octanol–water partition coefficient (Wildman–Crippen LogP) is 3.97. The second kappa shape index (κ2) is 5.78. The number of nitrogens with zero attached hydrogens (tertiary/aromatic N) is 1. The summed E-state index contributed by atoms with van der Waals surface area (Å²) in [5.74, 6) is -1.09. The van der Waals surface area contributed by atoms with Crippen molar-refractivity contribution >= 4 is 18.1 Å². The van der Waals surface area contributed by atoms with Gasteiger partial charge in [-0.3, -0.25) is 4.98 Å². The average molecular weight is 293 g/mol. The van der Waals surface area contributed by atoms with Gasteiger partial charge in [0.05, 0.1) is 16.8 Å². The monoisotopic (exact) mass is 293 g/mol. The lowest BCUT2D eigenvalue weighted by Gasteiger charge is -2.06. The third kappa shape index (κ3) is 3.92. The van der Waals surface area contributed by atoms with Gasteiger partial charge in [0.25, 0.3) is 0 Å². The van der Waals surface area contributed by atoms with Gasteiger partial charge in [-0.15, -0.1) is 0 Å². The maximum atomic E-state index is 12.6. The Morgan fingerprint density at radius 2 is 1.90 bits per heavy atom. The van der Waals surface area contributed by atoms with Gasteiger partial charge in [-0.25, -0.2) is 4.79 Å². The van der Waals surface area contributed by atoms with Gasteiger partial charge >= 0.3 is 12.1 Å². The van der Waals surface area contributed by atoms with E-state index >= 15 is 0 Å². The Balaban J connectivity index is 2.19. The van der Waals surface area contributed by atoms with Gasteiger partial charge in [0.15, 0.2) is 0 Å². The number of aromatic carboxylic acids is 1. The van der Waals surface area contributed by atoms with Gasteiger partial charge in [0, 0.05) is 6.20 Å². The molecular formula is C15H10F3NO2. The molecule has 0 radical (unpaired) electrons. The summed E-state index contributed by atoms with van der Waals surface area (Å²) in [6.07, 6.45) is -0.196. The first-order valence-electron chi connectivity index (χ1n) is 5.91. The molecule has 0 amide bonds. The van der Waals surface area contributed by atoms with E-state index in [1.54, 1.807) is 0 Å². The van der Waals surface area contributed by atoms with E-state index in [2.05, 4.69) is 4.98 Å². The van der Waals surface area contributed by atoms with Gasteiger partial charge < -0.3 is 5.11 Å². The second-order valence-electron chi connectivity index (χ2n) is 4.23. The number of aromatic nitrogens is 1. The molecule has 0 aliphatic carbocycles. The smallest absolute Gasteiger partial charge is 0.416 e. The van der Waals surface area contributed by atoms with Gasteiger partial charge in [0.2, 0.25) is 0 Å². The zero-order valence-corrected chi connectivity index (χ0v) is 10.6. The van der Waals surface area contributed by atoms with Gasteiger partial charge in [0.1, 0.15) is 0 Å². The summed E-state index contributed by atoms with van der Waals surface area (Å²) in [4.78, 5) is 14.6. The summed E-state index contributed by atoms with van der Waals surface area (Å²) in [5, 5.41) is 8.73. The van der Waals surface area contributed by atoms with Crippen molar-refractivity contribution in [2.75, 3.05) is 0 Å². The van der Waals surface area contributed by atoms with Crippen LogP contribution >= 0.6 is 0 Å². The zero-order chi connectivity index (χ0) is 15.5. The van der Waals surface area contributed by atoms with Crippen LogP contribution in [0.1, 0.15) is 27.2 Å². The summed E-state index contributed by atoms with van der Waals surface area (Å²) in [7, 11) is 0. The van der Waals surface area contributed by atoms with Crippen molar-refractivity contribution in [1.29, 1.82) is 0 Å². The van der Waals surface area contributed by atoms with E-state index in [1.165, 1.54) is 42.6 Å². The van der Waals surface area contributed by atoms with E-state index in [4.69, 9.17) is 5.11 Å². The second-order valence-corrected chi connectivity index (χ2v) is 4.23. The van der Waals surface area contributed by atoms with Gasteiger partial charge in [-0.05, 0) is 35.9 Å². The number of hydrogen-bond donors (Lipinski definition) is 1. The van der Waals surface area contributed by atoms with Crippen molar-refractivity contribution < 1.29 is 23.1 Å². The number of pyridine rings is 1. The van der Waals surface area contributed by atoms with Crippen molar-refractivity contribution in [2.45, 2.75) is 6.18 Å². The zero-order valence-electron chi connectivity index (χ0n) is 10.6. The normalized spacial score (nSPS) is 11.8. The molecule has 2 aromatic rings. The fourth-order valence-electron chi connectivity index (χ4n) is 1.63. The standard InChI is InChI=1S/C15H10F3NO2/c16-15(17,18)12-3-1-2-10(8-12)4-6-13-7-5-11(9-19-13)14(20)21/h1-9H,(H,20,21)/b6-4+. The van der Waals surface area contributed by atoms with Crippen molar-refractivity contribution in [1.82, 2.24) is 4.98 Å². The van der Waals surface area contributed by atoms with Crippen molar-refractivity contribution in [3.05, 3.63) is 65.0 Å². The van der Waals surface area contributed by atoms with Gasteiger partial charge in [-0.1, -0.05) is 18.2 Å². The lowest BCUT2D eigenvalue weighted by atomic mass is 10.1. The molecule has 1 aromatic heterocycles. The quantitative estimate of drug-likeness (QED) is 0.931. The number of carboxylic acid groups (broad SMARTS) is 1. The van der Waals surface area contributed by atoms with E-state index in [1.807, 2.05) is 0 Å². The SMILES string of the molecule is O=C(O)c1ccc(/C=C/c2cccc(C(F)(F)F)c2)nc1. The third-order valence-corrected chi connectivity index (χ3v) is 2.69. The lowest BCUT2D eigenvalue weighted by molar-refractivity contribution is -0.137. The molecule has 21 heavy (non-hydrogen) atoms. The van der Waals surface area contributed by atoms with Crippen LogP contribution in [0.15, 0.2) is 42.6 Å². The van der Waals surface area contributed by atoms with E-state index in [-0.39, 0.29) is 5.56 Å². The molecule has 0 bridgehead atoms. The van der Waals surface area contributed by atoms with Crippen LogP contribution in [0.3, 0.4) is 0 Å². The molecule has 0 saturated carbocycles. The number of alkyl halides is 3. The number of carboxylic acids is 1. The first-order valence-corrected chi connectivity index (χ1v) is 5.91. The minimum Gasteiger partial charge on any atom is -0.478 e. The molecule has 0 aliphatic heterocycles. The third-order valence-electron chi connectivity index (χ3n) is 2.69. The summed E-state index contributed by atoms with van der Waals surface area (Å²) in [5.41, 5.74) is 0.163. The van der Waals surface area contributed by atoms with Crippen LogP contribution < -0.4 is 0 Å². The minimum atomic E-state index is -4.38. The van der Waals surface area contributed by atoms with Crippen LogP contribution in [0.2, 0.25) is 0 Å². The van der Waals surface area contributed by atoms with Crippen LogP contribution in [-0.4, -0.2) is 16.1 Å². The van der Waals surface area contributed by atoms with Crippen molar-refractivity contribution in [2.24, 2.45) is 0 Å². The Labute approximate surface area is 118 Å². The number of rotatable bonds is 3. The lowest BCUT2D eigenvalue weighted by Crippen LogP contribution is -2.04. The number of benzene rings is 1. The molecule has 6 heteroatoms. The number of hydrogen-bond acceptors (Lipinski definition) is 2. The largest absolute Gasteiger partial charge is 0.478 e. The molecule has 0 saturated heterocycles. The van der Waals surface area contributed by atoms with E-state index in [0.29, 0.717) is 11.3 Å². The molecule has 0 fully saturated rings. The molecule has 1 N–H and O–H groups in total. The maximum Gasteiger partial charge on any atom is 0.416 e. The molecule has 2 rings (SSSR count). The molecule has 3 nitrogen and oxygen atoms in total. The Bertz CT molecular complexity index is 676.